The van der Waals surface area contributed by atoms with Gasteiger partial charge in [0.1, 0.15) is 0 Å². The van der Waals surface area contributed by atoms with Crippen LogP contribution in [0.25, 0.3) is 0 Å². The van der Waals surface area contributed by atoms with E-state index >= 15 is 0 Å². The van der Waals surface area contributed by atoms with Gasteiger partial charge in [-0.2, -0.15) is 0 Å². The molecule has 0 saturated carbocycles. The van der Waals surface area contributed by atoms with Gasteiger partial charge in [0.25, 0.3) is 0 Å². The van der Waals surface area contributed by atoms with Crippen LogP contribution >= 0.6 is 0 Å². The third-order valence-corrected chi connectivity index (χ3v) is 2.21. The molecular formula is C8H17NO. The molecule has 0 spiro atoms. The average molecular weight is 143 g/mol. The zero-order valence-corrected chi connectivity index (χ0v) is 6.84. The van der Waals surface area contributed by atoms with Crippen LogP contribution in [0.15, 0.2) is 0 Å². The van der Waals surface area contributed by atoms with E-state index in [1.54, 1.807) is 0 Å². The molecule has 1 heterocycles. The molecule has 2 unspecified atom stereocenters. The summed E-state index contributed by atoms with van der Waals surface area (Å²) in [5, 5.41) is 0. The predicted molar refractivity (Wildman–Crippen MR) is 41.8 cm³/mol. The molecule has 2 N–H and O–H groups in total. The minimum absolute atomic E-state index is 0.328. The lowest BCUT2D eigenvalue weighted by atomic mass is 9.95. The lowest BCUT2D eigenvalue weighted by Crippen LogP contribution is -2.23. The molecule has 2 heteroatoms. The second-order valence-electron chi connectivity index (χ2n) is 3.34. The summed E-state index contributed by atoms with van der Waals surface area (Å²) in [6.45, 7) is 5.13. The van der Waals surface area contributed by atoms with Gasteiger partial charge in [0.2, 0.25) is 0 Å². The first-order valence-corrected chi connectivity index (χ1v) is 4.07. The van der Waals surface area contributed by atoms with Gasteiger partial charge >= 0.3 is 0 Å². The van der Waals surface area contributed by atoms with Crippen molar-refractivity contribution in [2.45, 2.75) is 38.8 Å². The third-order valence-electron chi connectivity index (χ3n) is 2.21. The van der Waals surface area contributed by atoms with Gasteiger partial charge in [-0.05, 0) is 32.6 Å². The minimum Gasteiger partial charge on any atom is -0.378 e. The summed E-state index contributed by atoms with van der Waals surface area (Å²) in [6, 6.07) is 0.328. The van der Waals surface area contributed by atoms with Crippen molar-refractivity contribution in [2.75, 3.05) is 6.61 Å². The van der Waals surface area contributed by atoms with Crippen LogP contribution < -0.4 is 5.73 Å². The van der Waals surface area contributed by atoms with Crippen LogP contribution in [0.5, 0.6) is 0 Å². The Bertz CT molecular complexity index is 103. The van der Waals surface area contributed by atoms with Crippen molar-refractivity contribution in [1.29, 1.82) is 0 Å². The summed E-state index contributed by atoms with van der Waals surface area (Å²) >= 11 is 0. The normalized spacial score (nSPS) is 36.3. The number of hydrogen-bond donors (Lipinski definition) is 1. The fourth-order valence-corrected chi connectivity index (χ4v) is 1.56. The number of hydrogen-bond acceptors (Lipinski definition) is 2. The summed E-state index contributed by atoms with van der Waals surface area (Å²) < 4.78 is 5.41. The smallest absolute Gasteiger partial charge is 0.0576 e. The van der Waals surface area contributed by atoms with Gasteiger partial charge in [0.15, 0.2) is 0 Å². The van der Waals surface area contributed by atoms with Crippen molar-refractivity contribution in [1.82, 2.24) is 0 Å². The van der Waals surface area contributed by atoms with Gasteiger partial charge < -0.3 is 10.5 Å². The van der Waals surface area contributed by atoms with E-state index in [1.807, 2.05) is 0 Å². The highest BCUT2D eigenvalue weighted by Crippen LogP contribution is 2.24. The van der Waals surface area contributed by atoms with Gasteiger partial charge in [-0.1, -0.05) is 0 Å². The number of ether oxygens (including phenoxy) is 1. The molecule has 0 aromatic carbocycles. The predicted octanol–water partition coefficient (Wildman–Crippen LogP) is 1.15. The summed E-state index contributed by atoms with van der Waals surface area (Å²) in [4.78, 5) is 0. The topological polar surface area (TPSA) is 35.2 Å². The Kier molecular flexibility index (Phi) is 2.69. The second kappa shape index (κ2) is 3.35. The van der Waals surface area contributed by atoms with E-state index < -0.39 is 0 Å². The molecule has 1 saturated heterocycles. The van der Waals surface area contributed by atoms with Gasteiger partial charge in [-0.25, -0.2) is 0 Å². The van der Waals surface area contributed by atoms with Crippen molar-refractivity contribution in [2.24, 2.45) is 11.7 Å². The maximum Gasteiger partial charge on any atom is 0.0576 e. The fraction of sp³-hybridized carbons (Fsp3) is 1.00. The summed E-state index contributed by atoms with van der Waals surface area (Å²) in [7, 11) is 0. The first kappa shape index (κ1) is 8.02. The van der Waals surface area contributed by atoms with Gasteiger partial charge in [-0.3, -0.25) is 0 Å². The minimum atomic E-state index is 0.328. The average Bonchev–Trinajstić information content (AvgIpc) is 2.15. The zero-order chi connectivity index (χ0) is 7.56. The highest BCUT2D eigenvalue weighted by atomic mass is 16.5. The molecule has 1 aliphatic rings. The highest BCUT2D eigenvalue weighted by Gasteiger charge is 2.24. The van der Waals surface area contributed by atoms with Crippen LogP contribution in [-0.4, -0.2) is 18.8 Å². The molecule has 1 fully saturated rings. The highest BCUT2D eigenvalue weighted by molar-refractivity contribution is 4.75. The standard InChI is InChI=1S/C8H17NO/c1-6(9)5-8-3-4-10-7(8)2/h6-8H,3-5,9H2,1-2H3/t6-,7?,8?/m0/s1. The monoisotopic (exact) mass is 143 g/mol. The Labute approximate surface area is 62.7 Å². The van der Waals surface area contributed by atoms with E-state index in [0.717, 1.165) is 13.0 Å². The van der Waals surface area contributed by atoms with Crippen molar-refractivity contribution >= 4 is 0 Å². The summed E-state index contributed by atoms with van der Waals surface area (Å²) in [5.41, 5.74) is 5.68. The van der Waals surface area contributed by atoms with E-state index in [2.05, 4.69) is 13.8 Å². The largest absolute Gasteiger partial charge is 0.378 e. The van der Waals surface area contributed by atoms with Crippen LogP contribution in [-0.2, 0) is 4.74 Å². The van der Waals surface area contributed by atoms with Crippen molar-refractivity contribution in [3.63, 3.8) is 0 Å². The zero-order valence-electron chi connectivity index (χ0n) is 6.84. The van der Waals surface area contributed by atoms with Crippen molar-refractivity contribution < 1.29 is 4.74 Å². The SMILES string of the molecule is CC1OCCC1C[C@H](C)N. The molecule has 60 valence electrons. The first-order chi connectivity index (χ1) is 4.70. The van der Waals surface area contributed by atoms with Crippen LogP contribution in [0.4, 0.5) is 0 Å². The Morgan fingerprint density at radius 2 is 2.40 bits per heavy atom. The summed E-state index contributed by atoms with van der Waals surface area (Å²) in [5.74, 6) is 0.708. The van der Waals surface area contributed by atoms with E-state index in [1.165, 1.54) is 6.42 Å². The first-order valence-electron chi connectivity index (χ1n) is 4.07. The molecule has 1 rings (SSSR count). The van der Waals surface area contributed by atoms with Crippen LogP contribution in [0.1, 0.15) is 26.7 Å². The van der Waals surface area contributed by atoms with Crippen LogP contribution in [0.2, 0.25) is 0 Å². The molecule has 0 aromatic rings. The molecule has 0 aliphatic carbocycles. The van der Waals surface area contributed by atoms with E-state index in [0.29, 0.717) is 18.1 Å². The van der Waals surface area contributed by atoms with Gasteiger partial charge in [0.05, 0.1) is 6.10 Å². The number of nitrogens with two attached hydrogens (primary N) is 1. The molecule has 0 radical (unpaired) electrons. The van der Waals surface area contributed by atoms with Gasteiger partial charge in [-0.15, -0.1) is 0 Å². The van der Waals surface area contributed by atoms with Gasteiger partial charge in [0, 0.05) is 12.6 Å². The van der Waals surface area contributed by atoms with Crippen LogP contribution in [0.3, 0.4) is 0 Å². The maximum absolute atomic E-state index is 5.68. The molecular weight excluding hydrogens is 126 g/mol. The molecule has 1 aliphatic heterocycles. The maximum atomic E-state index is 5.68. The molecule has 3 atom stereocenters. The quantitative estimate of drug-likeness (QED) is 0.629. The van der Waals surface area contributed by atoms with Crippen molar-refractivity contribution in [3.05, 3.63) is 0 Å². The van der Waals surface area contributed by atoms with E-state index in [9.17, 15) is 0 Å². The van der Waals surface area contributed by atoms with Crippen molar-refractivity contribution in [3.8, 4) is 0 Å². The Morgan fingerprint density at radius 1 is 1.70 bits per heavy atom. The fourth-order valence-electron chi connectivity index (χ4n) is 1.56. The lowest BCUT2D eigenvalue weighted by Gasteiger charge is -2.15. The lowest BCUT2D eigenvalue weighted by molar-refractivity contribution is 0.102. The molecule has 0 amide bonds. The van der Waals surface area contributed by atoms with E-state index in [4.69, 9.17) is 10.5 Å². The number of rotatable bonds is 2. The van der Waals surface area contributed by atoms with E-state index in [-0.39, 0.29) is 0 Å². The van der Waals surface area contributed by atoms with Crippen LogP contribution in [0, 0.1) is 5.92 Å². The third kappa shape index (κ3) is 1.96. The Morgan fingerprint density at radius 3 is 2.80 bits per heavy atom. The molecule has 10 heavy (non-hydrogen) atoms. The Balaban J connectivity index is 2.26. The molecule has 0 bridgehead atoms. The second-order valence-corrected chi connectivity index (χ2v) is 3.34. The molecule has 2 nitrogen and oxygen atoms in total. The summed E-state index contributed by atoms with van der Waals surface area (Å²) in [6.07, 6.45) is 2.75. The molecule has 0 aromatic heterocycles. The Hall–Kier alpha value is -0.0800.